The first-order chi connectivity index (χ1) is 13.0. The number of ether oxygens (including phenoxy) is 2. The van der Waals surface area contributed by atoms with E-state index in [0.29, 0.717) is 28.1 Å². The molecule has 0 saturated carbocycles. The molecule has 0 radical (unpaired) electrons. The largest absolute Gasteiger partial charge is 0.497 e. The van der Waals surface area contributed by atoms with E-state index < -0.39 is 0 Å². The van der Waals surface area contributed by atoms with Crippen LogP contribution in [-0.2, 0) is 4.79 Å². The zero-order chi connectivity index (χ0) is 19.4. The highest BCUT2D eigenvalue weighted by atomic mass is 32.2. The molecule has 146 valence electrons. The van der Waals surface area contributed by atoms with Crippen molar-refractivity contribution < 1.29 is 14.3 Å². The zero-order valence-electron chi connectivity index (χ0n) is 16.1. The Kier molecular flexibility index (Phi) is 6.20. The van der Waals surface area contributed by atoms with Crippen LogP contribution in [0, 0.1) is 0 Å². The maximum absolute atomic E-state index is 12.8. The van der Waals surface area contributed by atoms with E-state index in [2.05, 4.69) is 29.4 Å². The minimum atomic E-state index is 0.117. The van der Waals surface area contributed by atoms with Gasteiger partial charge in [0, 0.05) is 18.2 Å². The topological polar surface area (TPSA) is 82.4 Å². The molecule has 1 aromatic carbocycles. The summed E-state index contributed by atoms with van der Waals surface area (Å²) in [6.45, 7) is 4.23. The average molecular weight is 391 g/mol. The number of piperidine rings is 1. The van der Waals surface area contributed by atoms with Crippen LogP contribution in [0.25, 0.3) is 5.69 Å². The molecule has 2 aromatic rings. The van der Waals surface area contributed by atoms with Crippen LogP contribution in [0.15, 0.2) is 23.4 Å². The summed E-state index contributed by atoms with van der Waals surface area (Å²) in [6.07, 6.45) is 3.28. The molecule has 0 bridgehead atoms. The lowest BCUT2D eigenvalue weighted by Crippen LogP contribution is -2.48. The molecule has 1 aromatic heterocycles. The van der Waals surface area contributed by atoms with Crippen molar-refractivity contribution >= 4 is 17.7 Å². The van der Waals surface area contributed by atoms with Gasteiger partial charge in [0.1, 0.15) is 17.2 Å². The van der Waals surface area contributed by atoms with Gasteiger partial charge in [0.2, 0.25) is 11.1 Å². The van der Waals surface area contributed by atoms with Crippen molar-refractivity contribution in [2.24, 2.45) is 0 Å². The van der Waals surface area contributed by atoms with Crippen molar-refractivity contribution in [1.82, 2.24) is 25.1 Å². The Morgan fingerprint density at radius 2 is 1.96 bits per heavy atom. The normalized spacial score (nSPS) is 19.8. The van der Waals surface area contributed by atoms with Gasteiger partial charge in [-0.1, -0.05) is 11.8 Å². The second-order valence-corrected chi connectivity index (χ2v) is 7.57. The number of hydrogen-bond donors (Lipinski definition) is 0. The lowest BCUT2D eigenvalue weighted by Gasteiger charge is -2.39. The number of thioether (sulfide) groups is 1. The van der Waals surface area contributed by atoms with E-state index in [1.807, 2.05) is 11.0 Å². The third-order valence-electron chi connectivity index (χ3n) is 4.86. The second-order valence-electron chi connectivity index (χ2n) is 6.63. The molecule has 1 aliphatic rings. The number of amides is 1. The first-order valence-corrected chi connectivity index (χ1v) is 9.98. The number of hydrogen-bond acceptors (Lipinski definition) is 7. The molecule has 27 heavy (non-hydrogen) atoms. The minimum absolute atomic E-state index is 0.117. The zero-order valence-corrected chi connectivity index (χ0v) is 16.9. The van der Waals surface area contributed by atoms with Gasteiger partial charge in [-0.3, -0.25) is 4.79 Å². The minimum Gasteiger partial charge on any atom is -0.497 e. The molecule has 1 aliphatic heterocycles. The number of likely N-dealkylation sites (tertiary alicyclic amines) is 1. The quantitative estimate of drug-likeness (QED) is 0.700. The highest BCUT2D eigenvalue weighted by Gasteiger charge is 2.29. The Morgan fingerprint density at radius 1 is 1.22 bits per heavy atom. The molecular weight excluding hydrogens is 366 g/mol. The van der Waals surface area contributed by atoms with E-state index in [-0.39, 0.29) is 18.0 Å². The second kappa shape index (κ2) is 8.60. The SMILES string of the molecule is COc1ccc(OC)c(-n2nnnc2SCC(=O)N2[C@H](C)CCC[C@@H]2C)c1. The fraction of sp³-hybridized carbons (Fsp3) is 0.556. The number of carbonyl (C=O) groups is 1. The third-order valence-corrected chi connectivity index (χ3v) is 5.77. The summed E-state index contributed by atoms with van der Waals surface area (Å²) in [6, 6.07) is 5.96. The summed E-state index contributed by atoms with van der Waals surface area (Å²) in [5.74, 6) is 1.70. The molecule has 3 rings (SSSR count). The van der Waals surface area contributed by atoms with Crippen LogP contribution < -0.4 is 9.47 Å². The average Bonchev–Trinajstić information content (AvgIpc) is 3.14. The summed E-state index contributed by atoms with van der Waals surface area (Å²) >= 11 is 1.33. The first kappa shape index (κ1) is 19.5. The highest BCUT2D eigenvalue weighted by molar-refractivity contribution is 7.99. The van der Waals surface area contributed by atoms with Crippen molar-refractivity contribution in [3.8, 4) is 17.2 Å². The van der Waals surface area contributed by atoms with Gasteiger partial charge in [0.15, 0.2) is 0 Å². The van der Waals surface area contributed by atoms with Crippen LogP contribution in [-0.4, -0.2) is 63.1 Å². The van der Waals surface area contributed by atoms with Gasteiger partial charge in [-0.05, 0) is 55.7 Å². The number of aromatic nitrogens is 4. The van der Waals surface area contributed by atoms with Crippen molar-refractivity contribution in [2.45, 2.75) is 50.4 Å². The van der Waals surface area contributed by atoms with Crippen LogP contribution >= 0.6 is 11.8 Å². The van der Waals surface area contributed by atoms with E-state index in [0.717, 1.165) is 12.8 Å². The van der Waals surface area contributed by atoms with Crippen molar-refractivity contribution in [1.29, 1.82) is 0 Å². The number of methoxy groups -OCH3 is 2. The fourth-order valence-corrected chi connectivity index (χ4v) is 4.25. The van der Waals surface area contributed by atoms with E-state index in [4.69, 9.17) is 9.47 Å². The van der Waals surface area contributed by atoms with E-state index in [9.17, 15) is 4.79 Å². The van der Waals surface area contributed by atoms with Crippen LogP contribution in [0.4, 0.5) is 0 Å². The number of tetrazole rings is 1. The van der Waals surface area contributed by atoms with Gasteiger partial charge >= 0.3 is 0 Å². The Hall–Kier alpha value is -2.29. The molecule has 0 spiro atoms. The number of rotatable bonds is 6. The Bertz CT molecular complexity index is 787. The first-order valence-electron chi connectivity index (χ1n) is 9.00. The van der Waals surface area contributed by atoms with E-state index >= 15 is 0 Å². The molecule has 8 nitrogen and oxygen atoms in total. The summed E-state index contributed by atoms with van der Waals surface area (Å²) < 4.78 is 12.3. The molecule has 0 N–H and O–H groups in total. The summed E-state index contributed by atoms with van der Waals surface area (Å²) in [5, 5.41) is 12.4. The molecular formula is C18H25N5O3S. The van der Waals surface area contributed by atoms with Crippen LogP contribution in [0.3, 0.4) is 0 Å². The molecule has 1 fully saturated rings. The molecule has 2 heterocycles. The lowest BCUT2D eigenvalue weighted by molar-refractivity contribution is -0.134. The molecule has 2 atom stereocenters. The molecule has 1 amide bonds. The summed E-state index contributed by atoms with van der Waals surface area (Å²) in [5.41, 5.74) is 0.663. The van der Waals surface area contributed by atoms with Crippen LogP contribution in [0.5, 0.6) is 11.5 Å². The van der Waals surface area contributed by atoms with Crippen LogP contribution in [0.1, 0.15) is 33.1 Å². The number of benzene rings is 1. The third kappa shape index (κ3) is 4.18. The molecule has 1 saturated heterocycles. The van der Waals surface area contributed by atoms with Gasteiger partial charge in [-0.15, -0.1) is 5.10 Å². The Morgan fingerprint density at radius 3 is 2.63 bits per heavy atom. The lowest BCUT2D eigenvalue weighted by atomic mass is 9.98. The maximum Gasteiger partial charge on any atom is 0.233 e. The van der Waals surface area contributed by atoms with Crippen molar-refractivity contribution in [3.05, 3.63) is 18.2 Å². The maximum atomic E-state index is 12.8. The molecule has 0 aliphatic carbocycles. The Labute approximate surface area is 163 Å². The van der Waals surface area contributed by atoms with Gasteiger partial charge in [-0.25, -0.2) is 0 Å². The summed E-state index contributed by atoms with van der Waals surface area (Å²) in [7, 11) is 3.19. The smallest absolute Gasteiger partial charge is 0.233 e. The predicted molar refractivity (Wildman–Crippen MR) is 103 cm³/mol. The number of nitrogens with zero attached hydrogens (tertiary/aromatic N) is 5. The summed E-state index contributed by atoms with van der Waals surface area (Å²) in [4.78, 5) is 14.8. The van der Waals surface area contributed by atoms with Gasteiger partial charge < -0.3 is 14.4 Å². The monoisotopic (exact) mass is 391 g/mol. The highest BCUT2D eigenvalue weighted by Crippen LogP contribution is 2.30. The molecule has 0 unspecified atom stereocenters. The van der Waals surface area contributed by atoms with Gasteiger partial charge in [0.25, 0.3) is 0 Å². The van der Waals surface area contributed by atoms with Crippen LogP contribution in [0.2, 0.25) is 0 Å². The van der Waals surface area contributed by atoms with Crippen molar-refractivity contribution in [2.75, 3.05) is 20.0 Å². The van der Waals surface area contributed by atoms with Crippen molar-refractivity contribution in [3.63, 3.8) is 0 Å². The molecule has 9 heteroatoms. The fourth-order valence-electron chi connectivity index (χ4n) is 3.50. The van der Waals surface area contributed by atoms with Gasteiger partial charge in [0.05, 0.1) is 20.0 Å². The standard InChI is InChI=1S/C18H25N5O3S/c1-12-6-5-7-13(2)22(12)17(24)11-27-18-19-20-21-23(18)15-10-14(25-3)8-9-16(15)26-4/h8-10,12-13H,5-7,11H2,1-4H3/t12-,13+. The number of carbonyl (C=O) groups excluding carboxylic acids is 1. The Balaban J connectivity index is 1.77. The van der Waals surface area contributed by atoms with E-state index in [1.54, 1.807) is 31.0 Å². The predicted octanol–water partition coefficient (Wildman–Crippen LogP) is 2.56. The van der Waals surface area contributed by atoms with E-state index in [1.165, 1.54) is 18.2 Å². The van der Waals surface area contributed by atoms with Gasteiger partial charge in [-0.2, -0.15) is 4.68 Å².